The van der Waals surface area contributed by atoms with E-state index in [1.807, 2.05) is 11.3 Å². The molecule has 3 rings (SSSR count). The lowest BCUT2D eigenvalue weighted by molar-refractivity contribution is -0.117. The SMILES string of the molecule is CC(C)c1cccc(C(C)C)c1NC(=O)CN1CCc2sccc2[C@H]1C. The van der Waals surface area contributed by atoms with Gasteiger partial charge in [-0.15, -0.1) is 11.3 Å². The molecule has 1 amide bonds. The molecule has 0 saturated heterocycles. The monoisotopic (exact) mass is 370 g/mol. The quantitative estimate of drug-likeness (QED) is 0.748. The summed E-state index contributed by atoms with van der Waals surface area (Å²) < 4.78 is 0. The molecule has 0 bridgehead atoms. The standard InChI is InChI=1S/C22H30N2OS/c1-14(2)17-7-6-8-18(15(3)4)22(17)23-21(25)13-24-11-9-20-19(16(24)5)10-12-26-20/h6-8,10,12,14-16H,9,11,13H2,1-5H3,(H,23,25)/t16-/m1/s1. The maximum atomic E-state index is 12.9. The number of benzene rings is 1. The van der Waals surface area contributed by atoms with Crippen molar-refractivity contribution in [2.24, 2.45) is 0 Å². The second kappa shape index (κ2) is 7.93. The number of hydrogen-bond acceptors (Lipinski definition) is 3. The maximum Gasteiger partial charge on any atom is 0.238 e. The minimum Gasteiger partial charge on any atom is -0.324 e. The van der Waals surface area contributed by atoms with Gasteiger partial charge in [-0.2, -0.15) is 0 Å². The molecule has 1 atom stereocenters. The fourth-order valence-electron chi connectivity index (χ4n) is 3.84. The highest BCUT2D eigenvalue weighted by molar-refractivity contribution is 7.10. The summed E-state index contributed by atoms with van der Waals surface area (Å²) in [6.45, 7) is 12.3. The zero-order chi connectivity index (χ0) is 18.8. The van der Waals surface area contributed by atoms with Gasteiger partial charge in [0, 0.05) is 23.2 Å². The average Bonchev–Trinajstić information content (AvgIpc) is 3.06. The Kier molecular flexibility index (Phi) is 5.83. The Morgan fingerprint density at radius 2 is 1.85 bits per heavy atom. The van der Waals surface area contributed by atoms with Gasteiger partial charge in [-0.1, -0.05) is 45.9 Å². The molecule has 26 heavy (non-hydrogen) atoms. The molecule has 0 aliphatic carbocycles. The van der Waals surface area contributed by atoms with Crippen LogP contribution < -0.4 is 5.32 Å². The Morgan fingerprint density at radius 3 is 2.46 bits per heavy atom. The summed E-state index contributed by atoms with van der Waals surface area (Å²) in [7, 11) is 0. The van der Waals surface area contributed by atoms with Crippen LogP contribution in [0.1, 0.15) is 74.1 Å². The third kappa shape index (κ3) is 3.86. The molecule has 4 heteroatoms. The minimum atomic E-state index is 0.0885. The first-order chi connectivity index (χ1) is 12.4. The zero-order valence-corrected chi connectivity index (χ0v) is 17.3. The molecule has 2 aromatic rings. The summed E-state index contributed by atoms with van der Waals surface area (Å²) in [5, 5.41) is 5.41. The summed E-state index contributed by atoms with van der Waals surface area (Å²) in [4.78, 5) is 16.6. The van der Waals surface area contributed by atoms with Gasteiger partial charge >= 0.3 is 0 Å². The summed E-state index contributed by atoms with van der Waals surface area (Å²) in [6, 6.07) is 8.88. The fourth-order valence-corrected chi connectivity index (χ4v) is 4.80. The van der Waals surface area contributed by atoms with Crippen molar-refractivity contribution in [3.05, 3.63) is 51.2 Å². The molecule has 0 radical (unpaired) electrons. The Morgan fingerprint density at radius 1 is 1.19 bits per heavy atom. The fraction of sp³-hybridized carbons (Fsp3) is 0.500. The number of carbonyl (C=O) groups excluding carboxylic acids is 1. The first-order valence-corrected chi connectivity index (χ1v) is 10.5. The Labute approximate surface area is 161 Å². The summed E-state index contributed by atoms with van der Waals surface area (Å²) in [5.74, 6) is 0.850. The molecule has 3 nitrogen and oxygen atoms in total. The molecule has 0 unspecified atom stereocenters. The van der Waals surface area contributed by atoms with Crippen molar-refractivity contribution in [3.63, 3.8) is 0 Å². The molecular weight excluding hydrogens is 340 g/mol. The molecular formula is C22H30N2OS. The number of thiophene rings is 1. The number of rotatable bonds is 5. The third-order valence-electron chi connectivity index (χ3n) is 5.39. The third-order valence-corrected chi connectivity index (χ3v) is 6.38. The number of nitrogens with zero attached hydrogens (tertiary/aromatic N) is 1. The van der Waals surface area contributed by atoms with Gasteiger partial charge in [-0.3, -0.25) is 9.69 Å². The van der Waals surface area contributed by atoms with E-state index in [0.29, 0.717) is 24.4 Å². The number of hydrogen-bond donors (Lipinski definition) is 1. The Hall–Kier alpha value is -1.65. The number of carbonyl (C=O) groups is 1. The topological polar surface area (TPSA) is 32.3 Å². The van der Waals surface area contributed by atoms with Crippen molar-refractivity contribution >= 4 is 22.9 Å². The predicted molar refractivity (Wildman–Crippen MR) is 111 cm³/mol. The van der Waals surface area contributed by atoms with Crippen molar-refractivity contribution in [2.75, 3.05) is 18.4 Å². The van der Waals surface area contributed by atoms with Gasteiger partial charge in [0.1, 0.15) is 0 Å². The van der Waals surface area contributed by atoms with E-state index in [1.165, 1.54) is 21.6 Å². The van der Waals surface area contributed by atoms with E-state index >= 15 is 0 Å². The van der Waals surface area contributed by atoms with E-state index in [9.17, 15) is 4.79 Å². The van der Waals surface area contributed by atoms with Gasteiger partial charge in [0.25, 0.3) is 0 Å². The molecule has 2 heterocycles. The van der Waals surface area contributed by atoms with Crippen LogP contribution in [-0.2, 0) is 11.2 Å². The predicted octanol–water partition coefficient (Wildman–Crippen LogP) is 5.55. The van der Waals surface area contributed by atoms with E-state index in [-0.39, 0.29) is 5.91 Å². The number of anilines is 1. The van der Waals surface area contributed by atoms with E-state index in [4.69, 9.17) is 0 Å². The van der Waals surface area contributed by atoms with E-state index in [2.05, 4.69) is 74.5 Å². The van der Waals surface area contributed by atoms with Crippen LogP contribution in [0.3, 0.4) is 0 Å². The van der Waals surface area contributed by atoms with Crippen LogP contribution in [0.15, 0.2) is 29.6 Å². The van der Waals surface area contributed by atoms with Crippen molar-refractivity contribution < 1.29 is 4.79 Å². The maximum absolute atomic E-state index is 12.9. The second-order valence-corrected chi connectivity index (χ2v) is 8.87. The van der Waals surface area contributed by atoms with Gasteiger partial charge in [0.2, 0.25) is 5.91 Å². The lowest BCUT2D eigenvalue weighted by atomic mass is 9.92. The van der Waals surface area contributed by atoms with Crippen LogP contribution in [0, 0.1) is 0 Å². The first kappa shape index (κ1) is 19.1. The highest BCUT2D eigenvalue weighted by Crippen LogP contribution is 2.34. The number of fused-ring (bicyclic) bond motifs is 1. The lowest BCUT2D eigenvalue weighted by Crippen LogP contribution is -2.39. The van der Waals surface area contributed by atoms with Gasteiger partial charge in [0.05, 0.1) is 6.54 Å². The molecule has 0 spiro atoms. The van der Waals surface area contributed by atoms with Crippen molar-refractivity contribution in [1.82, 2.24) is 4.90 Å². The van der Waals surface area contributed by atoms with Gasteiger partial charge < -0.3 is 5.32 Å². The first-order valence-electron chi connectivity index (χ1n) is 9.61. The summed E-state index contributed by atoms with van der Waals surface area (Å²) in [6.07, 6.45) is 1.05. The lowest BCUT2D eigenvalue weighted by Gasteiger charge is -2.33. The number of para-hydroxylation sites is 1. The highest BCUT2D eigenvalue weighted by atomic mass is 32.1. The van der Waals surface area contributed by atoms with E-state index in [1.54, 1.807) is 0 Å². The zero-order valence-electron chi connectivity index (χ0n) is 16.5. The van der Waals surface area contributed by atoms with Crippen molar-refractivity contribution in [1.29, 1.82) is 0 Å². The van der Waals surface area contributed by atoms with Crippen LogP contribution in [0.5, 0.6) is 0 Å². The molecule has 1 aromatic heterocycles. The van der Waals surface area contributed by atoms with Crippen LogP contribution in [0.25, 0.3) is 0 Å². The molecule has 1 aliphatic heterocycles. The van der Waals surface area contributed by atoms with Gasteiger partial charge in [-0.05, 0) is 53.3 Å². The minimum absolute atomic E-state index is 0.0885. The van der Waals surface area contributed by atoms with Crippen LogP contribution in [0.2, 0.25) is 0 Å². The molecule has 1 aliphatic rings. The van der Waals surface area contributed by atoms with Gasteiger partial charge in [-0.25, -0.2) is 0 Å². The Bertz CT molecular complexity index is 752. The average molecular weight is 371 g/mol. The van der Waals surface area contributed by atoms with E-state index in [0.717, 1.165) is 18.7 Å². The van der Waals surface area contributed by atoms with Gasteiger partial charge in [0.15, 0.2) is 0 Å². The van der Waals surface area contributed by atoms with Crippen LogP contribution >= 0.6 is 11.3 Å². The molecule has 1 N–H and O–H groups in total. The normalized spacial score (nSPS) is 17.6. The second-order valence-electron chi connectivity index (χ2n) is 7.86. The smallest absolute Gasteiger partial charge is 0.238 e. The number of amides is 1. The summed E-state index contributed by atoms with van der Waals surface area (Å²) >= 11 is 1.84. The summed E-state index contributed by atoms with van der Waals surface area (Å²) in [5.41, 5.74) is 4.84. The molecule has 0 saturated carbocycles. The molecule has 0 fully saturated rings. The molecule has 140 valence electrons. The number of nitrogens with one attached hydrogen (secondary N) is 1. The molecule has 1 aromatic carbocycles. The Balaban J connectivity index is 1.77. The van der Waals surface area contributed by atoms with Crippen LogP contribution in [-0.4, -0.2) is 23.9 Å². The largest absolute Gasteiger partial charge is 0.324 e. The highest BCUT2D eigenvalue weighted by Gasteiger charge is 2.26. The van der Waals surface area contributed by atoms with Crippen molar-refractivity contribution in [2.45, 2.75) is 58.9 Å². The van der Waals surface area contributed by atoms with Crippen LogP contribution in [0.4, 0.5) is 5.69 Å². The van der Waals surface area contributed by atoms with E-state index < -0.39 is 0 Å². The van der Waals surface area contributed by atoms with Crippen molar-refractivity contribution in [3.8, 4) is 0 Å².